The SMILES string of the molecule is C[C@](O)(c1ccc(N2CCN(S(=O)(=O)C3=CC=CCC3=S)C[C@@H]2CN2CCOC[C@H]2CC(=O)O)cc1)C(F)(F)F. The predicted molar refractivity (Wildman–Crippen MR) is 147 cm³/mol. The Kier molecular flexibility index (Phi) is 9.07. The summed E-state index contributed by atoms with van der Waals surface area (Å²) >= 11 is 5.31. The number of hydrogen-bond acceptors (Lipinski definition) is 8. The van der Waals surface area contributed by atoms with Crippen LogP contribution >= 0.6 is 12.2 Å². The highest BCUT2D eigenvalue weighted by Crippen LogP contribution is 2.39. The van der Waals surface area contributed by atoms with Crippen LogP contribution in [-0.4, -0.2) is 103 Å². The molecule has 14 heteroatoms. The molecule has 2 saturated heterocycles. The van der Waals surface area contributed by atoms with Gasteiger partial charge in [0.25, 0.3) is 0 Å². The number of anilines is 1. The first-order chi connectivity index (χ1) is 18.7. The number of sulfonamides is 1. The molecule has 0 bridgehead atoms. The maximum Gasteiger partial charge on any atom is 0.421 e. The van der Waals surface area contributed by atoms with Crippen LogP contribution in [0.5, 0.6) is 0 Å². The summed E-state index contributed by atoms with van der Waals surface area (Å²) in [7, 11) is -3.91. The van der Waals surface area contributed by atoms with Crippen molar-refractivity contribution in [3.05, 3.63) is 53.0 Å². The van der Waals surface area contributed by atoms with Crippen LogP contribution in [0, 0.1) is 0 Å². The van der Waals surface area contributed by atoms with Crippen LogP contribution in [0.4, 0.5) is 18.9 Å². The molecule has 3 aliphatic rings. The zero-order valence-corrected chi connectivity index (χ0v) is 23.5. The van der Waals surface area contributed by atoms with Crippen molar-refractivity contribution in [1.29, 1.82) is 0 Å². The number of benzene rings is 1. The van der Waals surface area contributed by atoms with Crippen LogP contribution in [0.3, 0.4) is 0 Å². The van der Waals surface area contributed by atoms with Gasteiger partial charge in [-0.15, -0.1) is 0 Å². The fourth-order valence-corrected chi connectivity index (χ4v) is 7.24. The third-order valence-corrected chi connectivity index (χ3v) is 10.0. The Morgan fingerprint density at radius 3 is 2.48 bits per heavy atom. The first kappa shape index (κ1) is 30.6. The highest BCUT2D eigenvalue weighted by Gasteiger charge is 2.51. The minimum Gasteiger partial charge on any atom is -0.481 e. The number of halogens is 3. The molecule has 0 radical (unpaired) electrons. The molecule has 1 aromatic carbocycles. The van der Waals surface area contributed by atoms with Gasteiger partial charge in [0.1, 0.15) is 0 Å². The van der Waals surface area contributed by atoms with Crippen molar-refractivity contribution in [2.75, 3.05) is 50.8 Å². The molecule has 1 aliphatic carbocycles. The number of aliphatic carboxylic acids is 1. The van der Waals surface area contributed by atoms with Gasteiger partial charge in [-0.1, -0.05) is 36.5 Å². The van der Waals surface area contributed by atoms with Crippen molar-refractivity contribution >= 4 is 38.8 Å². The molecule has 40 heavy (non-hydrogen) atoms. The summed E-state index contributed by atoms with van der Waals surface area (Å²) in [4.78, 5) is 15.7. The second kappa shape index (κ2) is 11.9. The monoisotopic (exact) mass is 603 g/mol. The fourth-order valence-electron chi connectivity index (χ4n) is 5.17. The van der Waals surface area contributed by atoms with E-state index >= 15 is 0 Å². The minimum absolute atomic E-state index is 0.0607. The van der Waals surface area contributed by atoms with Gasteiger partial charge in [-0.2, -0.15) is 17.5 Å². The summed E-state index contributed by atoms with van der Waals surface area (Å²) in [5.74, 6) is -0.983. The van der Waals surface area contributed by atoms with Crippen molar-refractivity contribution in [3.8, 4) is 0 Å². The lowest BCUT2D eigenvalue weighted by atomic mass is 9.95. The molecule has 4 rings (SSSR count). The van der Waals surface area contributed by atoms with Gasteiger partial charge < -0.3 is 19.8 Å². The molecular weight excluding hydrogens is 571 g/mol. The maximum absolute atomic E-state index is 13.6. The quantitative estimate of drug-likeness (QED) is 0.434. The lowest BCUT2D eigenvalue weighted by molar-refractivity contribution is -0.258. The van der Waals surface area contributed by atoms with Gasteiger partial charge in [0, 0.05) is 55.7 Å². The molecule has 0 aromatic heterocycles. The Morgan fingerprint density at radius 2 is 1.85 bits per heavy atom. The molecule has 9 nitrogen and oxygen atoms in total. The topological polar surface area (TPSA) is 111 Å². The van der Waals surface area contributed by atoms with Crippen LogP contribution in [0.1, 0.15) is 25.3 Å². The number of thiocarbonyl (C=S) groups is 1. The van der Waals surface area contributed by atoms with E-state index in [1.165, 1.54) is 34.6 Å². The van der Waals surface area contributed by atoms with Crippen molar-refractivity contribution < 1.29 is 41.3 Å². The fraction of sp³-hybridized carbons (Fsp3) is 0.538. The van der Waals surface area contributed by atoms with E-state index in [1.54, 1.807) is 12.2 Å². The third kappa shape index (κ3) is 6.42. The molecule has 220 valence electrons. The molecule has 2 N–H and O–H groups in total. The maximum atomic E-state index is 13.6. The largest absolute Gasteiger partial charge is 0.481 e. The first-order valence-corrected chi connectivity index (χ1v) is 14.7. The number of carboxylic acids is 1. The second-order valence-electron chi connectivity index (χ2n) is 10.2. The number of allylic oxidation sites excluding steroid dienone is 4. The van der Waals surface area contributed by atoms with E-state index in [-0.39, 0.29) is 43.1 Å². The van der Waals surface area contributed by atoms with Gasteiger partial charge in [-0.3, -0.25) is 9.69 Å². The number of carbonyl (C=O) groups is 1. The number of carboxylic acid groups (broad SMARTS) is 1. The zero-order valence-electron chi connectivity index (χ0n) is 21.9. The van der Waals surface area contributed by atoms with Crippen LogP contribution in [0.25, 0.3) is 0 Å². The summed E-state index contributed by atoms with van der Waals surface area (Å²) in [6, 6.07) is 4.50. The van der Waals surface area contributed by atoms with E-state index < -0.39 is 39.9 Å². The number of piperazine rings is 1. The van der Waals surface area contributed by atoms with Gasteiger partial charge in [0.2, 0.25) is 10.0 Å². The molecule has 0 saturated carbocycles. The normalized spacial score (nSPS) is 25.0. The van der Waals surface area contributed by atoms with E-state index in [0.717, 1.165) is 0 Å². The second-order valence-corrected chi connectivity index (χ2v) is 12.6. The number of ether oxygens (including phenoxy) is 1. The number of morpholine rings is 1. The van der Waals surface area contributed by atoms with Crippen molar-refractivity contribution in [1.82, 2.24) is 9.21 Å². The Balaban J connectivity index is 1.63. The smallest absolute Gasteiger partial charge is 0.421 e. The van der Waals surface area contributed by atoms with Gasteiger partial charge in [0.15, 0.2) is 5.60 Å². The van der Waals surface area contributed by atoms with E-state index in [9.17, 15) is 36.6 Å². The van der Waals surface area contributed by atoms with Gasteiger partial charge in [-0.25, -0.2) is 8.42 Å². The molecule has 1 aromatic rings. The molecule has 2 fully saturated rings. The Bertz CT molecular complexity index is 1280. The standard InChI is InChI=1S/C26H32F3N3O6S2/c1-25(35,26(27,28)29)18-6-8-19(9-7-18)32-11-10-31(40(36,37)23-5-3-2-4-22(23)39)16-21(32)15-30-12-13-38-17-20(30)14-24(33)34/h2-3,5-9,20-21,35H,4,10-17H2,1H3,(H,33,34)/t20-,21+,25+/m1/s1. The van der Waals surface area contributed by atoms with E-state index in [1.807, 2.05) is 9.80 Å². The van der Waals surface area contributed by atoms with E-state index in [4.69, 9.17) is 17.0 Å². The van der Waals surface area contributed by atoms with Gasteiger partial charge >= 0.3 is 12.1 Å². The molecule has 0 unspecified atom stereocenters. The van der Waals surface area contributed by atoms with Crippen LogP contribution < -0.4 is 4.90 Å². The highest BCUT2D eigenvalue weighted by molar-refractivity contribution is 7.96. The average Bonchev–Trinajstić information content (AvgIpc) is 2.89. The highest BCUT2D eigenvalue weighted by atomic mass is 32.2. The van der Waals surface area contributed by atoms with E-state index in [0.29, 0.717) is 43.6 Å². The summed E-state index contributed by atoms with van der Waals surface area (Å²) in [5.41, 5.74) is -2.79. The predicted octanol–water partition coefficient (Wildman–Crippen LogP) is 2.67. The van der Waals surface area contributed by atoms with Gasteiger partial charge in [0.05, 0.1) is 30.6 Å². The molecule has 0 amide bonds. The summed E-state index contributed by atoms with van der Waals surface area (Å²) in [5, 5.41) is 19.4. The molecule has 2 aliphatic heterocycles. The first-order valence-electron chi connectivity index (χ1n) is 12.8. The number of nitrogens with zero attached hydrogens (tertiary/aromatic N) is 3. The zero-order chi connectivity index (χ0) is 29.3. The van der Waals surface area contributed by atoms with Crippen molar-refractivity contribution in [2.24, 2.45) is 0 Å². The molecule has 3 atom stereocenters. The molecule has 2 heterocycles. The lowest BCUT2D eigenvalue weighted by Crippen LogP contribution is -2.61. The van der Waals surface area contributed by atoms with Crippen LogP contribution in [0.15, 0.2) is 47.4 Å². The number of alkyl halides is 3. The Labute approximate surface area is 236 Å². The van der Waals surface area contributed by atoms with Crippen molar-refractivity contribution in [2.45, 2.75) is 43.6 Å². The lowest BCUT2D eigenvalue weighted by Gasteiger charge is -2.46. The summed E-state index contributed by atoms with van der Waals surface area (Å²) in [6.07, 6.45) is 0.252. The Morgan fingerprint density at radius 1 is 1.15 bits per heavy atom. The number of aliphatic hydroxyl groups is 1. The van der Waals surface area contributed by atoms with E-state index in [2.05, 4.69) is 0 Å². The molecule has 0 spiro atoms. The molecular formula is C26H32F3N3O6S2. The summed E-state index contributed by atoms with van der Waals surface area (Å²) in [6.45, 7) is 2.46. The van der Waals surface area contributed by atoms with Crippen LogP contribution in [0.2, 0.25) is 0 Å². The van der Waals surface area contributed by atoms with Crippen LogP contribution in [-0.2, 0) is 25.2 Å². The van der Waals surface area contributed by atoms with Crippen molar-refractivity contribution in [3.63, 3.8) is 0 Å². The average molecular weight is 604 g/mol. The minimum atomic E-state index is -4.86. The van der Waals surface area contributed by atoms with Gasteiger partial charge in [-0.05, 0) is 30.7 Å². The third-order valence-electron chi connectivity index (χ3n) is 7.54. The number of rotatable bonds is 8. The number of hydrogen-bond donors (Lipinski definition) is 2. The Hall–Kier alpha value is -2.36. The summed E-state index contributed by atoms with van der Waals surface area (Å²) < 4.78 is 74.1.